The van der Waals surface area contributed by atoms with Crippen molar-refractivity contribution in [2.45, 2.75) is 26.1 Å². The molecule has 18 heavy (non-hydrogen) atoms. The molecular weight excluding hydrogens is 249 g/mol. The summed E-state index contributed by atoms with van der Waals surface area (Å²) in [5.41, 5.74) is -0.430. The average Bonchev–Trinajstić information content (AvgIpc) is 2.28. The molecule has 0 aliphatic carbocycles. The van der Waals surface area contributed by atoms with E-state index in [0.29, 0.717) is 5.56 Å². The minimum Gasteiger partial charge on any atom is -0.466 e. The zero-order chi connectivity index (χ0) is 13.8. The summed E-state index contributed by atoms with van der Waals surface area (Å²) in [7, 11) is 0. The molecule has 1 rings (SSSR count). The number of carbonyl (C=O) groups is 1. The Morgan fingerprint density at radius 3 is 2.50 bits per heavy atom. The number of ether oxygens (including phenoxy) is 1. The number of hydrogen-bond donors (Lipinski definition) is 1. The molecule has 1 N–H and O–H groups in total. The minimum absolute atomic E-state index is 0.0814. The molecule has 0 aromatic heterocycles. The maximum Gasteiger partial charge on any atom is 0.416 e. The van der Waals surface area contributed by atoms with Gasteiger partial charge in [0.15, 0.2) is 0 Å². The molecular formula is C12H13F3O3. The molecule has 6 heteroatoms. The van der Waals surface area contributed by atoms with Gasteiger partial charge in [0.25, 0.3) is 0 Å². The number of carbonyl (C=O) groups excluding carboxylic acids is 1. The number of rotatable bonds is 4. The van der Waals surface area contributed by atoms with Gasteiger partial charge in [0, 0.05) is 0 Å². The number of aliphatic hydroxyl groups excluding tert-OH is 1. The van der Waals surface area contributed by atoms with Crippen LogP contribution in [-0.2, 0) is 28.7 Å². The second-order valence-corrected chi connectivity index (χ2v) is 3.62. The second kappa shape index (κ2) is 5.86. The van der Waals surface area contributed by atoms with Gasteiger partial charge in [-0.1, -0.05) is 6.07 Å². The first kappa shape index (κ1) is 14.5. The zero-order valence-electron chi connectivity index (χ0n) is 9.75. The van der Waals surface area contributed by atoms with Crippen LogP contribution in [-0.4, -0.2) is 17.7 Å². The monoisotopic (exact) mass is 262 g/mol. The lowest BCUT2D eigenvalue weighted by Gasteiger charge is -2.11. The number of esters is 1. The lowest BCUT2D eigenvalue weighted by molar-refractivity contribution is -0.142. The molecule has 0 spiro atoms. The van der Waals surface area contributed by atoms with Crippen LogP contribution in [0.5, 0.6) is 0 Å². The Kier molecular flexibility index (Phi) is 4.72. The number of hydrogen-bond acceptors (Lipinski definition) is 3. The Balaban J connectivity index is 2.97. The van der Waals surface area contributed by atoms with E-state index in [0.717, 1.165) is 12.1 Å². The van der Waals surface area contributed by atoms with Crippen LogP contribution in [0, 0.1) is 0 Å². The van der Waals surface area contributed by atoms with Crippen molar-refractivity contribution < 1.29 is 27.8 Å². The van der Waals surface area contributed by atoms with Gasteiger partial charge in [0.2, 0.25) is 0 Å². The van der Waals surface area contributed by atoms with Gasteiger partial charge in [0.05, 0.1) is 25.2 Å². The first-order chi connectivity index (χ1) is 8.38. The molecule has 1 aromatic carbocycles. The maximum atomic E-state index is 12.4. The van der Waals surface area contributed by atoms with E-state index >= 15 is 0 Å². The summed E-state index contributed by atoms with van der Waals surface area (Å²) in [5.74, 6) is -0.535. The van der Waals surface area contributed by atoms with Crippen LogP contribution in [0.25, 0.3) is 0 Å². The Morgan fingerprint density at radius 2 is 2.00 bits per heavy atom. The molecule has 0 fully saturated rings. The SMILES string of the molecule is CCOC(=O)Cc1ccc(C(F)(F)F)cc1CO. The molecule has 0 saturated carbocycles. The molecule has 0 amide bonds. The van der Waals surface area contributed by atoms with E-state index in [1.165, 1.54) is 6.07 Å². The highest BCUT2D eigenvalue weighted by atomic mass is 19.4. The Morgan fingerprint density at radius 1 is 1.33 bits per heavy atom. The summed E-state index contributed by atoms with van der Waals surface area (Å²) in [6.45, 7) is 1.28. The third-order valence-corrected chi connectivity index (χ3v) is 2.34. The van der Waals surface area contributed by atoms with Crippen LogP contribution in [0.3, 0.4) is 0 Å². The van der Waals surface area contributed by atoms with Crippen molar-refractivity contribution in [1.29, 1.82) is 0 Å². The standard InChI is InChI=1S/C12H13F3O3/c1-2-18-11(17)6-8-3-4-10(12(13,14)15)5-9(8)7-16/h3-5,16H,2,6-7H2,1H3. The predicted molar refractivity (Wildman–Crippen MR) is 57.7 cm³/mol. The van der Waals surface area contributed by atoms with Crippen molar-refractivity contribution >= 4 is 5.97 Å². The van der Waals surface area contributed by atoms with Crippen molar-refractivity contribution in [3.8, 4) is 0 Å². The van der Waals surface area contributed by atoms with Crippen molar-refractivity contribution in [3.05, 3.63) is 34.9 Å². The Bertz CT molecular complexity index is 427. The molecule has 0 heterocycles. The normalized spacial score (nSPS) is 11.4. The van der Waals surface area contributed by atoms with Gasteiger partial charge in [-0.3, -0.25) is 4.79 Å². The Hall–Kier alpha value is -1.56. The summed E-state index contributed by atoms with van der Waals surface area (Å²) in [6.07, 6.45) is -4.62. The number of alkyl halides is 3. The number of aliphatic hydroxyl groups is 1. The summed E-state index contributed by atoms with van der Waals surface area (Å²) in [4.78, 5) is 11.2. The highest BCUT2D eigenvalue weighted by molar-refractivity contribution is 5.73. The van der Waals surface area contributed by atoms with Crippen LogP contribution in [0.2, 0.25) is 0 Å². The first-order valence-corrected chi connectivity index (χ1v) is 5.34. The van der Waals surface area contributed by atoms with E-state index in [2.05, 4.69) is 0 Å². The number of benzene rings is 1. The fourth-order valence-corrected chi connectivity index (χ4v) is 1.49. The fourth-order valence-electron chi connectivity index (χ4n) is 1.49. The Labute approximate surface area is 102 Å². The molecule has 0 unspecified atom stereocenters. The predicted octanol–water partition coefficient (Wildman–Crippen LogP) is 2.30. The van der Waals surface area contributed by atoms with Gasteiger partial charge in [-0.15, -0.1) is 0 Å². The molecule has 0 atom stereocenters. The van der Waals surface area contributed by atoms with Crippen LogP contribution < -0.4 is 0 Å². The van der Waals surface area contributed by atoms with Gasteiger partial charge in [-0.05, 0) is 30.2 Å². The van der Waals surface area contributed by atoms with Crippen LogP contribution in [0.4, 0.5) is 13.2 Å². The quantitative estimate of drug-likeness (QED) is 0.847. The molecule has 0 aliphatic rings. The lowest BCUT2D eigenvalue weighted by Crippen LogP contribution is -2.11. The third-order valence-electron chi connectivity index (χ3n) is 2.34. The highest BCUT2D eigenvalue weighted by Gasteiger charge is 2.31. The van der Waals surface area contributed by atoms with Gasteiger partial charge in [0.1, 0.15) is 0 Å². The van der Waals surface area contributed by atoms with Crippen molar-refractivity contribution in [1.82, 2.24) is 0 Å². The largest absolute Gasteiger partial charge is 0.466 e. The average molecular weight is 262 g/mol. The van der Waals surface area contributed by atoms with Gasteiger partial charge < -0.3 is 9.84 Å². The van der Waals surface area contributed by atoms with Gasteiger partial charge in [-0.25, -0.2) is 0 Å². The first-order valence-electron chi connectivity index (χ1n) is 5.34. The van der Waals surface area contributed by atoms with Crippen LogP contribution in [0.15, 0.2) is 18.2 Å². The fraction of sp³-hybridized carbons (Fsp3) is 0.417. The summed E-state index contributed by atoms with van der Waals surface area (Å²) < 4.78 is 42.0. The van der Waals surface area contributed by atoms with Gasteiger partial charge in [-0.2, -0.15) is 13.2 Å². The van der Waals surface area contributed by atoms with E-state index in [1.54, 1.807) is 6.92 Å². The minimum atomic E-state index is -4.47. The molecule has 3 nitrogen and oxygen atoms in total. The van der Waals surface area contributed by atoms with E-state index in [9.17, 15) is 18.0 Å². The molecule has 0 radical (unpaired) electrons. The van der Waals surface area contributed by atoms with E-state index in [4.69, 9.17) is 9.84 Å². The molecule has 0 saturated heterocycles. The lowest BCUT2D eigenvalue weighted by atomic mass is 10.0. The smallest absolute Gasteiger partial charge is 0.416 e. The number of halogens is 3. The van der Waals surface area contributed by atoms with Crippen molar-refractivity contribution in [2.75, 3.05) is 6.61 Å². The van der Waals surface area contributed by atoms with E-state index in [-0.39, 0.29) is 18.6 Å². The van der Waals surface area contributed by atoms with Crippen molar-refractivity contribution in [3.63, 3.8) is 0 Å². The van der Waals surface area contributed by atoms with Gasteiger partial charge >= 0.3 is 12.1 Å². The summed E-state index contributed by atoms with van der Waals surface area (Å²) in [6, 6.07) is 2.91. The molecule has 0 aliphatic heterocycles. The third kappa shape index (κ3) is 3.73. The molecule has 100 valence electrons. The topological polar surface area (TPSA) is 46.5 Å². The van der Waals surface area contributed by atoms with Crippen molar-refractivity contribution in [2.24, 2.45) is 0 Å². The molecule has 0 bridgehead atoms. The van der Waals surface area contributed by atoms with Crippen LogP contribution in [0.1, 0.15) is 23.6 Å². The second-order valence-electron chi connectivity index (χ2n) is 3.62. The summed E-state index contributed by atoms with van der Waals surface area (Å²) >= 11 is 0. The highest BCUT2D eigenvalue weighted by Crippen LogP contribution is 2.30. The van der Waals surface area contributed by atoms with E-state index < -0.39 is 24.3 Å². The van der Waals surface area contributed by atoms with E-state index in [1.807, 2.05) is 0 Å². The van der Waals surface area contributed by atoms with Crippen LogP contribution >= 0.6 is 0 Å². The zero-order valence-corrected chi connectivity index (χ0v) is 9.75. The molecule has 1 aromatic rings. The summed E-state index contributed by atoms with van der Waals surface area (Å²) in [5, 5.41) is 9.03. The maximum absolute atomic E-state index is 12.4.